The van der Waals surface area contributed by atoms with Gasteiger partial charge in [-0.2, -0.15) is 0 Å². The van der Waals surface area contributed by atoms with E-state index in [2.05, 4.69) is 38.2 Å². The summed E-state index contributed by atoms with van der Waals surface area (Å²) in [6, 6.07) is 8.68. The van der Waals surface area contributed by atoms with Gasteiger partial charge in [0.2, 0.25) is 0 Å². The fraction of sp³-hybridized carbons (Fsp3) is 0.632. The molecule has 1 unspecified atom stereocenters. The van der Waals surface area contributed by atoms with Crippen LogP contribution in [0.25, 0.3) is 0 Å². The molecule has 0 aliphatic rings. The van der Waals surface area contributed by atoms with Gasteiger partial charge in [-0.05, 0) is 50.8 Å². The largest absolute Gasteiger partial charge is 0.444 e. The number of anilines is 1. The molecule has 1 N–H and O–H groups in total. The molecule has 0 saturated heterocycles. The summed E-state index contributed by atoms with van der Waals surface area (Å²) in [5.74, 6) is 0.577. The highest BCUT2D eigenvalue weighted by atomic mass is 16.6. The Labute approximate surface area is 141 Å². The van der Waals surface area contributed by atoms with Crippen LogP contribution in [0.15, 0.2) is 24.3 Å². The van der Waals surface area contributed by atoms with E-state index < -0.39 is 5.60 Å². The van der Waals surface area contributed by atoms with Crippen LogP contribution >= 0.6 is 0 Å². The minimum absolute atomic E-state index is 0.301. The van der Waals surface area contributed by atoms with Gasteiger partial charge in [0.25, 0.3) is 0 Å². The molecule has 0 radical (unpaired) electrons. The zero-order valence-corrected chi connectivity index (χ0v) is 15.6. The van der Waals surface area contributed by atoms with Crippen LogP contribution in [0.5, 0.6) is 0 Å². The lowest BCUT2D eigenvalue weighted by Crippen LogP contribution is -2.33. The first-order chi connectivity index (χ1) is 10.6. The fourth-order valence-electron chi connectivity index (χ4n) is 2.39. The Morgan fingerprint density at radius 3 is 2.48 bits per heavy atom. The molecule has 0 heterocycles. The molecule has 0 aromatic heterocycles. The van der Waals surface area contributed by atoms with Gasteiger partial charge in [0, 0.05) is 25.3 Å². The first-order valence-electron chi connectivity index (χ1n) is 8.42. The van der Waals surface area contributed by atoms with Crippen LogP contribution in [-0.4, -0.2) is 29.7 Å². The lowest BCUT2D eigenvalue weighted by atomic mass is 10.0. The quantitative estimate of drug-likeness (QED) is 0.810. The molecule has 1 aromatic carbocycles. The van der Waals surface area contributed by atoms with Gasteiger partial charge >= 0.3 is 6.09 Å². The van der Waals surface area contributed by atoms with Crippen LogP contribution < -0.4 is 5.32 Å². The second kappa shape index (κ2) is 8.23. The molecule has 130 valence electrons. The highest BCUT2D eigenvalue weighted by molar-refractivity contribution is 5.67. The molecule has 23 heavy (non-hydrogen) atoms. The van der Waals surface area contributed by atoms with Gasteiger partial charge in [0.15, 0.2) is 0 Å². The minimum atomic E-state index is -0.472. The summed E-state index contributed by atoms with van der Waals surface area (Å²) in [5, 5.41) is 3.57. The first-order valence-corrected chi connectivity index (χ1v) is 8.42. The van der Waals surface area contributed by atoms with Gasteiger partial charge in [0.1, 0.15) is 5.60 Å². The zero-order chi connectivity index (χ0) is 17.6. The van der Waals surface area contributed by atoms with Crippen LogP contribution in [0.2, 0.25) is 0 Å². The molecular weight excluding hydrogens is 288 g/mol. The molecule has 1 amide bonds. The van der Waals surface area contributed by atoms with Gasteiger partial charge in [-0.25, -0.2) is 4.79 Å². The number of ether oxygens (including phenoxy) is 1. The third-order valence-electron chi connectivity index (χ3n) is 3.65. The number of nitrogens with zero attached hydrogens (tertiary/aromatic N) is 1. The van der Waals surface area contributed by atoms with E-state index in [1.807, 2.05) is 32.9 Å². The average molecular weight is 320 g/mol. The number of amides is 1. The molecule has 4 nitrogen and oxygen atoms in total. The third kappa shape index (κ3) is 6.93. The summed E-state index contributed by atoms with van der Waals surface area (Å²) in [6.45, 7) is 12.8. The van der Waals surface area contributed by atoms with Crippen molar-refractivity contribution in [3.63, 3.8) is 0 Å². The number of carbonyl (C=O) groups is 1. The Morgan fingerprint density at radius 1 is 1.30 bits per heavy atom. The van der Waals surface area contributed by atoms with Crippen LogP contribution in [-0.2, 0) is 11.3 Å². The molecule has 1 rings (SSSR count). The molecule has 4 heteroatoms. The van der Waals surface area contributed by atoms with Crippen molar-refractivity contribution in [2.75, 3.05) is 12.4 Å². The van der Waals surface area contributed by atoms with Crippen molar-refractivity contribution in [1.29, 1.82) is 0 Å². The molecule has 0 bridgehead atoms. The van der Waals surface area contributed by atoms with E-state index in [0.717, 1.165) is 17.7 Å². The van der Waals surface area contributed by atoms with Crippen LogP contribution in [0.4, 0.5) is 10.5 Å². The van der Waals surface area contributed by atoms with E-state index in [4.69, 9.17) is 4.74 Å². The molecule has 0 fully saturated rings. The van der Waals surface area contributed by atoms with Gasteiger partial charge < -0.3 is 15.0 Å². The number of hydrogen-bond acceptors (Lipinski definition) is 3. The SMILES string of the molecule is CCC(Nc1cccc(CN(C)C(=O)OC(C)(C)C)c1)C(C)C. The summed E-state index contributed by atoms with van der Waals surface area (Å²) in [4.78, 5) is 13.7. The topological polar surface area (TPSA) is 41.6 Å². The van der Waals surface area contributed by atoms with Crippen molar-refractivity contribution in [3.8, 4) is 0 Å². The Bertz CT molecular complexity index is 506. The van der Waals surface area contributed by atoms with E-state index in [1.54, 1.807) is 11.9 Å². The van der Waals surface area contributed by atoms with Gasteiger partial charge in [0.05, 0.1) is 0 Å². The van der Waals surface area contributed by atoms with Crippen molar-refractivity contribution in [2.45, 2.75) is 66.2 Å². The monoisotopic (exact) mass is 320 g/mol. The third-order valence-corrected chi connectivity index (χ3v) is 3.65. The normalized spacial score (nSPS) is 12.9. The van der Waals surface area contributed by atoms with Crippen molar-refractivity contribution < 1.29 is 9.53 Å². The van der Waals surface area contributed by atoms with Gasteiger partial charge in [-0.15, -0.1) is 0 Å². The Hall–Kier alpha value is -1.71. The van der Waals surface area contributed by atoms with Crippen molar-refractivity contribution in [2.24, 2.45) is 5.92 Å². The van der Waals surface area contributed by atoms with Gasteiger partial charge in [-0.3, -0.25) is 0 Å². The molecule has 1 aromatic rings. The Kier molecular flexibility index (Phi) is 6.92. The summed E-state index contributed by atoms with van der Waals surface area (Å²) >= 11 is 0. The number of benzene rings is 1. The standard InChI is InChI=1S/C19H32N2O2/c1-8-17(14(2)3)20-16-11-9-10-15(12-16)13-21(7)18(22)23-19(4,5)6/h9-12,14,17,20H,8,13H2,1-7H3. The Morgan fingerprint density at radius 2 is 1.96 bits per heavy atom. The number of carbonyl (C=O) groups excluding carboxylic acids is 1. The smallest absolute Gasteiger partial charge is 0.410 e. The minimum Gasteiger partial charge on any atom is -0.444 e. The predicted octanol–water partition coefficient (Wildman–Crippen LogP) is 4.90. The molecule has 0 aliphatic carbocycles. The lowest BCUT2D eigenvalue weighted by Gasteiger charge is -2.25. The highest BCUT2D eigenvalue weighted by Crippen LogP contribution is 2.18. The van der Waals surface area contributed by atoms with Crippen molar-refractivity contribution >= 4 is 11.8 Å². The summed E-state index contributed by atoms with van der Waals surface area (Å²) in [7, 11) is 1.76. The zero-order valence-electron chi connectivity index (χ0n) is 15.6. The van der Waals surface area contributed by atoms with E-state index in [1.165, 1.54) is 0 Å². The van der Waals surface area contributed by atoms with Crippen LogP contribution in [0.3, 0.4) is 0 Å². The predicted molar refractivity (Wildman–Crippen MR) is 96.7 cm³/mol. The maximum atomic E-state index is 12.0. The second-order valence-corrected chi connectivity index (χ2v) is 7.44. The summed E-state index contributed by atoms with van der Waals surface area (Å²) < 4.78 is 5.39. The van der Waals surface area contributed by atoms with E-state index in [-0.39, 0.29) is 6.09 Å². The maximum Gasteiger partial charge on any atom is 0.410 e. The molecule has 0 saturated carbocycles. The van der Waals surface area contributed by atoms with Crippen LogP contribution in [0.1, 0.15) is 53.5 Å². The number of nitrogens with one attached hydrogen (secondary N) is 1. The average Bonchev–Trinajstić information content (AvgIpc) is 2.43. The number of hydrogen-bond donors (Lipinski definition) is 1. The maximum absolute atomic E-state index is 12.0. The Balaban J connectivity index is 2.71. The molecular formula is C19H32N2O2. The molecule has 1 atom stereocenters. The van der Waals surface area contributed by atoms with Crippen molar-refractivity contribution in [1.82, 2.24) is 4.90 Å². The fourth-order valence-corrected chi connectivity index (χ4v) is 2.39. The second-order valence-electron chi connectivity index (χ2n) is 7.44. The summed E-state index contributed by atoms with van der Waals surface area (Å²) in [5.41, 5.74) is 1.71. The van der Waals surface area contributed by atoms with Crippen LogP contribution in [0, 0.1) is 5.92 Å². The molecule has 0 aliphatic heterocycles. The van der Waals surface area contributed by atoms with E-state index in [0.29, 0.717) is 18.5 Å². The van der Waals surface area contributed by atoms with Crippen molar-refractivity contribution in [3.05, 3.63) is 29.8 Å². The van der Waals surface area contributed by atoms with E-state index >= 15 is 0 Å². The lowest BCUT2D eigenvalue weighted by molar-refractivity contribution is 0.0285. The highest BCUT2D eigenvalue weighted by Gasteiger charge is 2.19. The van der Waals surface area contributed by atoms with E-state index in [9.17, 15) is 4.79 Å². The summed E-state index contributed by atoms with van der Waals surface area (Å²) in [6.07, 6.45) is 0.782. The first kappa shape index (κ1) is 19.3. The van der Waals surface area contributed by atoms with Gasteiger partial charge in [-0.1, -0.05) is 32.9 Å². The molecule has 0 spiro atoms. The number of rotatable bonds is 6.